The summed E-state index contributed by atoms with van der Waals surface area (Å²) in [4.78, 5) is 41.0. The summed E-state index contributed by atoms with van der Waals surface area (Å²) in [6, 6.07) is 6.16. The van der Waals surface area contributed by atoms with Crippen molar-refractivity contribution in [1.29, 1.82) is 0 Å². The van der Waals surface area contributed by atoms with Gasteiger partial charge in [0.2, 0.25) is 0 Å². The summed E-state index contributed by atoms with van der Waals surface area (Å²) >= 11 is 0. The molecule has 32 heavy (non-hydrogen) atoms. The van der Waals surface area contributed by atoms with Crippen molar-refractivity contribution in [3.05, 3.63) is 41.1 Å². The fourth-order valence-corrected chi connectivity index (χ4v) is 3.86. The molecule has 0 radical (unpaired) electrons. The van der Waals surface area contributed by atoms with Gasteiger partial charge >= 0.3 is 18.1 Å². The number of rotatable bonds is 7. The van der Waals surface area contributed by atoms with Crippen LogP contribution in [0.3, 0.4) is 0 Å². The molecule has 1 aromatic carbocycles. The summed E-state index contributed by atoms with van der Waals surface area (Å²) in [7, 11) is 1.31. The molecule has 0 aliphatic carbocycles. The molecule has 1 saturated heterocycles. The van der Waals surface area contributed by atoms with Gasteiger partial charge in [-0.25, -0.2) is 14.4 Å². The number of nitrogens with one attached hydrogen (secondary N) is 2. The lowest BCUT2D eigenvalue weighted by Crippen LogP contribution is -2.52. The third-order valence-electron chi connectivity index (χ3n) is 5.37. The molecule has 1 aromatic rings. The minimum Gasteiger partial charge on any atom is -0.494 e. The maximum absolute atomic E-state index is 12.8. The Morgan fingerprint density at radius 1 is 1.09 bits per heavy atom. The highest BCUT2D eigenvalue weighted by atomic mass is 16.6. The number of ether oxygens (including phenoxy) is 3. The van der Waals surface area contributed by atoms with Crippen LogP contribution in [0.4, 0.5) is 9.59 Å². The predicted octanol–water partition coefficient (Wildman–Crippen LogP) is 1.64. The Morgan fingerprint density at radius 2 is 1.81 bits per heavy atom. The van der Waals surface area contributed by atoms with Crippen molar-refractivity contribution in [2.75, 3.05) is 53.0 Å². The van der Waals surface area contributed by atoms with E-state index in [0.29, 0.717) is 68.5 Å². The van der Waals surface area contributed by atoms with E-state index in [1.165, 1.54) is 7.11 Å². The SMILES string of the molecule is CCOC(=O)N1CCN(CC2=C(C(=O)OC)[C@@H](c3ccccc3OCC)NC(=O)N2)CC1. The van der Waals surface area contributed by atoms with Crippen molar-refractivity contribution in [2.45, 2.75) is 19.9 Å². The second-order valence-corrected chi connectivity index (χ2v) is 7.35. The zero-order valence-corrected chi connectivity index (χ0v) is 18.7. The number of para-hydroxylation sites is 1. The van der Waals surface area contributed by atoms with Gasteiger partial charge in [0.15, 0.2) is 0 Å². The van der Waals surface area contributed by atoms with Gasteiger partial charge in [-0.2, -0.15) is 0 Å². The zero-order chi connectivity index (χ0) is 23.1. The number of piperazine rings is 1. The van der Waals surface area contributed by atoms with Gasteiger partial charge in [-0.15, -0.1) is 0 Å². The highest BCUT2D eigenvalue weighted by Gasteiger charge is 2.36. The molecule has 10 nitrogen and oxygen atoms in total. The number of hydrogen-bond acceptors (Lipinski definition) is 7. The molecule has 2 heterocycles. The van der Waals surface area contributed by atoms with Crippen LogP contribution >= 0.6 is 0 Å². The van der Waals surface area contributed by atoms with Crippen LogP contribution < -0.4 is 15.4 Å². The van der Waals surface area contributed by atoms with Crippen molar-refractivity contribution < 1.29 is 28.6 Å². The highest BCUT2D eigenvalue weighted by Crippen LogP contribution is 2.33. The first-order valence-electron chi connectivity index (χ1n) is 10.7. The quantitative estimate of drug-likeness (QED) is 0.613. The zero-order valence-electron chi connectivity index (χ0n) is 18.7. The smallest absolute Gasteiger partial charge is 0.409 e. The van der Waals surface area contributed by atoms with Gasteiger partial charge in [0.05, 0.1) is 31.9 Å². The normalized spacial score (nSPS) is 19.2. The first-order chi connectivity index (χ1) is 15.5. The van der Waals surface area contributed by atoms with E-state index < -0.39 is 18.0 Å². The molecule has 2 aliphatic rings. The van der Waals surface area contributed by atoms with E-state index in [1.807, 2.05) is 25.1 Å². The van der Waals surface area contributed by atoms with E-state index in [1.54, 1.807) is 17.9 Å². The van der Waals surface area contributed by atoms with Gasteiger partial charge in [0, 0.05) is 44.0 Å². The Labute approximate surface area is 187 Å². The molecular weight excluding hydrogens is 416 g/mol. The lowest BCUT2D eigenvalue weighted by atomic mass is 9.94. The summed E-state index contributed by atoms with van der Waals surface area (Å²) in [5, 5.41) is 5.60. The van der Waals surface area contributed by atoms with Crippen LogP contribution in [-0.2, 0) is 14.3 Å². The molecular formula is C22H30N4O6. The predicted molar refractivity (Wildman–Crippen MR) is 116 cm³/mol. The van der Waals surface area contributed by atoms with E-state index in [-0.39, 0.29) is 6.09 Å². The molecule has 0 aromatic heterocycles. The Balaban J connectivity index is 1.86. The van der Waals surface area contributed by atoms with Crippen LogP contribution in [0.2, 0.25) is 0 Å². The van der Waals surface area contributed by atoms with Gasteiger partial charge in [-0.05, 0) is 19.9 Å². The number of benzene rings is 1. The Bertz CT molecular complexity index is 879. The molecule has 0 saturated carbocycles. The largest absolute Gasteiger partial charge is 0.494 e. The number of carbonyl (C=O) groups is 3. The molecule has 3 amide bonds. The Kier molecular flexibility index (Phi) is 7.93. The molecule has 0 unspecified atom stereocenters. The summed E-state index contributed by atoms with van der Waals surface area (Å²) in [6.45, 7) is 6.93. The first kappa shape index (κ1) is 23.4. The van der Waals surface area contributed by atoms with Crippen molar-refractivity contribution in [3.8, 4) is 5.75 Å². The third-order valence-corrected chi connectivity index (χ3v) is 5.37. The molecule has 2 aliphatic heterocycles. The lowest BCUT2D eigenvalue weighted by Gasteiger charge is -2.36. The second kappa shape index (κ2) is 10.9. The molecule has 1 fully saturated rings. The summed E-state index contributed by atoms with van der Waals surface area (Å²) < 4.78 is 15.8. The maximum Gasteiger partial charge on any atom is 0.409 e. The van der Waals surface area contributed by atoms with Crippen molar-refractivity contribution in [1.82, 2.24) is 20.4 Å². The molecule has 1 atom stereocenters. The average Bonchev–Trinajstić information content (AvgIpc) is 2.79. The van der Waals surface area contributed by atoms with Gasteiger partial charge in [-0.1, -0.05) is 18.2 Å². The van der Waals surface area contributed by atoms with Gasteiger partial charge in [0.25, 0.3) is 0 Å². The molecule has 0 bridgehead atoms. The topological polar surface area (TPSA) is 109 Å². The minimum atomic E-state index is -0.713. The number of amides is 3. The summed E-state index contributed by atoms with van der Waals surface area (Å²) in [5.74, 6) is 0.0555. The van der Waals surface area contributed by atoms with Crippen molar-refractivity contribution in [2.24, 2.45) is 0 Å². The van der Waals surface area contributed by atoms with Crippen molar-refractivity contribution in [3.63, 3.8) is 0 Å². The standard InChI is InChI=1S/C22H30N4O6/c1-4-31-17-9-7-6-8-15(17)19-18(20(27)30-3)16(23-21(28)24-19)14-25-10-12-26(13-11-25)22(29)32-5-2/h6-9,19H,4-5,10-14H2,1-3H3,(H2,23,24,28)/t19-/m1/s1. The number of hydrogen-bond donors (Lipinski definition) is 2. The van der Waals surface area contributed by atoms with E-state index in [4.69, 9.17) is 14.2 Å². The van der Waals surface area contributed by atoms with Crippen LogP contribution in [0, 0.1) is 0 Å². The number of methoxy groups -OCH3 is 1. The average molecular weight is 447 g/mol. The molecule has 2 N–H and O–H groups in total. The Hall–Kier alpha value is -3.27. The molecule has 3 rings (SSSR count). The van der Waals surface area contributed by atoms with Crippen LogP contribution in [-0.4, -0.2) is 80.9 Å². The Morgan fingerprint density at radius 3 is 2.47 bits per heavy atom. The van der Waals surface area contributed by atoms with Crippen LogP contribution in [0.25, 0.3) is 0 Å². The van der Waals surface area contributed by atoms with E-state index in [0.717, 1.165) is 0 Å². The van der Waals surface area contributed by atoms with Crippen LogP contribution in [0.1, 0.15) is 25.5 Å². The van der Waals surface area contributed by atoms with Gasteiger partial charge in [-0.3, -0.25) is 4.90 Å². The minimum absolute atomic E-state index is 0.326. The van der Waals surface area contributed by atoms with E-state index in [2.05, 4.69) is 15.5 Å². The molecule has 174 valence electrons. The fraction of sp³-hybridized carbons (Fsp3) is 0.500. The van der Waals surface area contributed by atoms with Crippen LogP contribution in [0.15, 0.2) is 35.5 Å². The number of carbonyl (C=O) groups excluding carboxylic acids is 3. The fourth-order valence-electron chi connectivity index (χ4n) is 3.86. The van der Waals surface area contributed by atoms with E-state index in [9.17, 15) is 14.4 Å². The van der Waals surface area contributed by atoms with E-state index >= 15 is 0 Å². The lowest BCUT2D eigenvalue weighted by molar-refractivity contribution is -0.136. The second-order valence-electron chi connectivity index (χ2n) is 7.35. The van der Waals surface area contributed by atoms with Gasteiger partial charge in [0.1, 0.15) is 5.75 Å². The highest BCUT2D eigenvalue weighted by molar-refractivity contribution is 5.95. The summed E-state index contributed by atoms with van der Waals surface area (Å²) in [5.41, 5.74) is 1.47. The number of urea groups is 1. The van der Waals surface area contributed by atoms with Gasteiger partial charge < -0.3 is 29.7 Å². The monoisotopic (exact) mass is 446 g/mol. The number of esters is 1. The molecule has 0 spiro atoms. The van der Waals surface area contributed by atoms with Crippen LogP contribution in [0.5, 0.6) is 5.75 Å². The molecule has 10 heteroatoms. The first-order valence-corrected chi connectivity index (χ1v) is 10.7. The third kappa shape index (κ3) is 5.31. The summed E-state index contributed by atoms with van der Waals surface area (Å²) in [6.07, 6.45) is -0.329. The maximum atomic E-state index is 12.8. The van der Waals surface area contributed by atoms with Crippen molar-refractivity contribution >= 4 is 18.1 Å². The number of nitrogens with zero attached hydrogens (tertiary/aromatic N) is 2.